The fourth-order valence-corrected chi connectivity index (χ4v) is 2.48. The maximum Gasteiger partial charge on any atom is 0.326 e. The van der Waals surface area contributed by atoms with Crippen molar-refractivity contribution in [2.45, 2.75) is 78.0 Å². The van der Waals surface area contributed by atoms with Crippen LogP contribution in [0.3, 0.4) is 0 Å². The molecule has 0 aliphatic carbocycles. The summed E-state index contributed by atoms with van der Waals surface area (Å²) in [4.78, 5) is 59.1. The van der Waals surface area contributed by atoms with Gasteiger partial charge in [-0.2, -0.15) is 0 Å². The van der Waals surface area contributed by atoms with E-state index in [9.17, 15) is 29.1 Å². The molecule has 0 aromatic heterocycles. The number of nitrogens with one attached hydrogen (secondary N) is 3. The molecule has 0 heterocycles. The van der Waals surface area contributed by atoms with Crippen LogP contribution in [0.1, 0.15) is 53.9 Å². The first-order valence-electron chi connectivity index (χ1n) is 9.87. The SMILES string of the molecule is CC(C)CC(NC(=O)C(C)NC(=O)C(N)C(C)C)C(=O)NC(CCC(=O)O)C(=O)O. The van der Waals surface area contributed by atoms with E-state index in [1.54, 1.807) is 13.8 Å². The van der Waals surface area contributed by atoms with Gasteiger partial charge in [-0.25, -0.2) is 4.79 Å². The quantitative estimate of drug-likeness (QED) is 0.224. The predicted octanol–water partition coefficient (Wildman–Crippen LogP) is -0.560. The molecule has 0 spiro atoms. The Kier molecular flexibility index (Phi) is 11.6. The van der Waals surface area contributed by atoms with E-state index in [4.69, 9.17) is 10.8 Å². The Morgan fingerprint density at radius 3 is 1.77 bits per heavy atom. The molecule has 0 saturated heterocycles. The minimum atomic E-state index is -1.40. The Hall–Kier alpha value is -2.69. The number of hydrogen-bond acceptors (Lipinski definition) is 6. The summed E-state index contributed by atoms with van der Waals surface area (Å²) in [6.07, 6.45) is -0.509. The Bertz CT molecular complexity index is 636. The second kappa shape index (κ2) is 12.8. The summed E-state index contributed by atoms with van der Waals surface area (Å²) < 4.78 is 0. The molecule has 7 N–H and O–H groups in total. The van der Waals surface area contributed by atoms with E-state index in [1.165, 1.54) is 6.92 Å². The molecular weight excluding hydrogens is 396 g/mol. The van der Waals surface area contributed by atoms with Crippen LogP contribution in [-0.4, -0.2) is 64.0 Å². The Morgan fingerprint density at radius 1 is 0.800 bits per heavy atom. The molecule has 0 bridgehead atoms. The van der Waals surface area contributed by atoms with Gasteiger partial charge in [0.15, 0.2) is 0 Å². The molecule has 0 aliphatic heterocycles. The average molecular weight is 431 g/mol. The number of carboxylic acids is 2. The third-order valence-corrected chi connectivity index (χ3v) is 4.37. The van der Waals surface area contributed by atoms with Crippen LogP contribution in [0.4, 0.5) is 0 Å². The first-order valence-corrected chi connectivity index (χ1v) is 9.87. The third-order valence-electron chi connectivity index (χ3n) is 4.37. The molecule has 3 amide bonds. The van der Waals surface area contributed by atoms with Crippen LogP contribution in [-0.2, 0) is 24.0 Å². The second-order valence-electron chi connectivity index (χ2n) is 8.02. The van der Waals surface area contributed by atoms with Crippen molar-refractivity contribution in [1.29, 1.82) is 0 Å². The normalized spacial score (nSPS) is 15.1. The molecule has 0 aromatic rings. The summed E-state index contributed by atoms with van der Waals surface area (Å²) in [6.45, 7) is 8.61. The summed E-state index contributed by atoms with van der Waals surface area (Å²) in [5.74, 6) is -4.57. The standard InChI is InChI=1S/C19H34N4O7/c1-9(2)8-13(17(27)22-12(19(29)30)6-7-14(24)25)23-16(26)11(5)21-18(28)15(20)10(3)4/h9-13,15H,6-8,20H2,1-5H3,(H,21,28)(H,22,27)(H,23,26)(H,24,25)(H,29,30). The Balaban J connectivity index is 5.14. The van der Waals surface area contributed by atoms with E-state index in [0.29, 0.717) is 0 Å². The lowest BCUT2D eigenvalue weighted by molar-refractivity contribution is -0.143. The molecule has 11 heteroatoms. The highest BCUT2D eigenvalue weighted by Crippen LogP contribution is 2.07. The topological polar surface area (TPSA) is 188 Å². The van der Waals surface area contributed by atoms with Crippen molar-refractivity contribution in [3.63, 3.8) is 0 Å². The lowest BCUT2D eigenvalue weighted by atomic mass is 10.0. The molecule has 0 rings (SSSR count). The maximum absolute atomic E-state index is 12.6. The van der Waals surface area contributed by atoms with Crippen LogP contribution in [0, 0.1) is 11.8 Å². The Morgan fingerprint density at radius 2 is 1.33 bits per heavy atom. The first kappa shape index (κ1) is 27.3. The smallest absolute Gasteiger partial charge is 0.326 e. The largest absolute Gasteiger partial charge is 0.481 e. The number of carbonyl (C=O) groups is 5. The number of carbonyl (C=O) groups excluding carboxylic acids is 3. The number of aliphatic carboxylic acids is 2. The molecule has 172 valence electrons. The van der Waals surface area contributed by atoms with Crippen molar-refractivity contribution in [1.82, 2.24) is 16.0 Å². The zero-order valence-corrected chi connectivity index (χ0v) is 18.1. The molecule has 30 heavy (non-hydrogen) atoms. The Labute approximate surface area is 176 Å². The van der Waals surface area contributed by atoms with Gasteiger partial charge in [-0.15, -0.1) is 0 Å². The van der Waals surface area contributed by atoms with E-state index in [1.807, 2.05) is 13.8 Å². The summed E-state index contributed by atoms with van der Waals surface area (Å²) in [7, 11) is 0. The molecule has 4 atom stereocenters. The lowest BCUT2D eigenvalue weighted by Gasteiger charge is -2.25. The van der Waals surface area contributed by atoms with Crippen molar-refractivity contribution in [2.24, 2.45) is 17.6 Å². The van der Waals surface area contributed by atoms with Crippen molar-refractivity contribution >= 4 is 29.7 Å². The molecule has 0 aliphatic rings. The second-order valence-corrected chi connectivity index (χ2v) is 8.02. The van der Waals surface area contributed by atoms with E-state index in [2.05, 4.69) is 16.0 Å². The maximum atomic E-state index is 12.6. The van der Waals surface area contributed by atoms with Crippen LogP contribution >= 0.6 is 0 Å². The zero-order chi connectivity index (χ0) is 23.6. The van der Waals surface area contributed by atoms with Crippen LogP contribution in [0.5, 0.6) is 0 Å². The molecule has 0 aromatic carbocycles. The van der Waals surface area contributed by atoms with E-state index in [0.717, 1.165) is 0 Å². The number of carboxylic acid groups (broad SMARTS) is 2. The van der Waals surface area contributed by atoms with Crippen LogP contribution < -0.4 is 21.7 Å². The monoisotopic (exact) mass is 430 g/mol. The van der Waals surface area contributed by atoms with Gasteiger partial charge in [0.05, 0.1) is 6.04 Å². The van der Waals surface area contributed by atoms with Crippen molar-refractivity contribution < 1.29 is 34.2 Å². The van der Waals surface area contributed by atoms with Crippen molar-refractivity contribution in [3.05, 3.63) is 0 Å². The lowest BCUT2D eigenvalue weighted by Crippen LogP contribution is -2.57. The number of nitrogens with two attached hydrogens (primary N) is 1. The zero-order valence-electron chi connectivity index (χ0n) is 18.1. The first-order chi connectivity index (χ1) is 13.8. The van der Waals surface area contributed by atoms with E-state index >= 15 is 0 Å². The van der Waals surface area contributed by atoms with Crippen LogP contribution in [0.2, 0.25) is 0 Å². The van der Waals surface area contributed by atoms with Gasteiger partial charge >= 0.3 is 11.9 Å². The minimum Gasteiger partial charge on any atom is -0.481 e. The van der Waals surface area contributed by atoms with E-state index < -0.39 is 60.2 Å². The molecule has 0 radical (unpaired) electrons. The summed E-state index contributed by atoms with van der Waals surface area (Å²) in [5, 5.41) is 25.2. The highest BCUT2D eigenvalue weighted by atomic mass is 16.4. The number of rotatable bonds is 13. The van der Waals surface area contributed by atoms with Gasteiger partial charge in [0.1, 0.15) is 18.1 Å². The van der Waals surface area contributed by atoms with Gasteiger partial charge in [-0.3, -0.25) is 19.2 Å². The summed E-state index contributed by atoms with van der Waals surface area (Å²) in [6, 6.07) is -4.21. The molecule has 0 fully saturated rings. The molecule has 4 unspecified atom stereocenters. The van der Waals surface area contributed by atoms with Gasteiger partial charge in [0.2, 0.25) is 17.7 Å². The average Bonchev–Trinajstić information content (AvgIpc) is 2.62. The van der Waals surface area contributed by atoms with Crippen molar-refractivity contribution in [2.75, 3.05) is 0 Å². The third kappa shape index (κ3) is 10.2. The van der Waals surface area contributed by atoms with Crippen molar-refractivity contribution in [3.8, 4) is 0 Å². The molecule has 0 saturated carbocycles. The minimum absolute atomic E-state index is 0.0115. The van der Waals surface area contributed by atoms with Gasteiger partial charge in [0.25, 0.3) is 0 Å². The van der Waals surface area contributed by atoms with Gasteiger partial charge in [-0.05, 0) is 31.6 Å². The van der Waals surface area contributed by atoms with Crippen LogP contribution in [0.15, 0.2) is 0 Å². The highest BCUT2D eigenvalue weighted by Gasteiger charge is 2.29. The highest BCUT2D eigenvalue weighted by molar-refractivity contribution is 5.94. The fourth-order valence-electron chi connectivity index (χ4n) is 2.48. The molecular formula is C19H34N4O7. The number of hydrogen-bond donors (Lipinski definition) is 6. The summed E-state index contributed by atoms with van der Waals surface area (Å²) >= 11 is 0. The molecule has 11 nitrogen and oxygen atoms in total. The van der Waals surface area contributed by atoms with Gasteiger partial charge < -0.3 is 31.9 Å². The predicted molar refractivity (Wildman–Crippen MR) is 108 cm³/mol. The van der Waals surface area contributed by atoms with Crippen LogP contribution in [0.25, 0.3) is 0 Å². The summed E-state index contributed by atoms with van der Waals surface area (Å²) in [5.41, 5.74) is 5.75. The fraction of sp³-hybridized carbons (Fsp3) is 0.737. The van der Waals surface area contributed by atoms with Gasteiger partial charge in [-0.1, -0.05) is 27.7 Å². The number of amides is 3. The van der Waals surface area contributed by atoms with Gasteiger partial charge in [0, 0.05) is 6.42 Å². The van der Waals surface area contributed by atoms with E-state index in [-0.39, 0.29) is 24.7 Å².